The number of allylic oxidation sites excluding steroid dienone is 3. The number of carbonyl (C=O) groups is 1. The first-order valence-corrected chi connectivity index (χ1v) is 6.15. The standard InChI is InChI=1S/C15H18FNO2/c1-3-5-6-7-15(18)17-11-12-8-9-14(19-4-2)13(16)10-12/h3,5-10H,4,11H2,1-2H3,(H,17,18)/b5-3+,7-6-. The van der Waals surface area contributed by atoms with E-state index in [2.05, 4.69) is 5.32 Å². The molecule has 0 saturated heterocycles. The summed E-state index contributed by atoms with van der Waals surface area (Å²) in [6.45, 7) is 4.36. The Morgan fingerprint density at radius 2 is 2.21 bits per heavy atom. The summed E-state index contributed by atoms with van der Waals surface area (Å²) in [5, 5.41) is 2.67. The Kier molecular flexibility index (Phi) is 6.36. The van der Waals surface area contributed by atoms with Crippen LogP contribution in [0.3, 0.4) is 0 Å². The van der Waals surface area contributed by atoms with Gasteiger partial charge < -0.3 is 10.1 Å². The lowest BCUT2D eigenvalue weighted by molar-refractivity contribution is -0.116. The van der Waals surface area contributed by atoms with Crippen LogP contribution in [0.25, 0.3) is 0 Å². The van der Waals surface area contributed by atoms with Gasteiger partial charge in [-0.15, -0.1) is 0 Å². The first-order chi connectivity index (χ1) is 9.17. The molecule has 0 fully saturated rings. The second-order valence-electron chi connectivity index (χ2n) is 3.80. The molecule has 0 aliphatic rings. The lowest BCUT2D eigenvalue weighted by atomic mass is 10.2. The van der Waals surface area contributed by atoms with E-state index in [-0.39, 0.29) is 18.2 Å². The zero-order valence-electron chi connectivity index (χ0n) is 11.2. The fraction of sp³-hybridized carbons (Fsp3) is 0.267. The molecule has 1 amide bonds. The second-order valence-corrected chi connectivity index (χ2v) is 3.80. The van der Waals surface area contributed by atoms with Crippen LogP contribution in [-0.2, 0) is 11.3 Å². The highest BCUT2D eigenvalue weighted by molar-refractivity contribution is 5.87. The molecule has 0 aliphatic heterocycles. The Balaban J connectivity index is 2.54. The van der Waals surface area contributed by atoms with Gasteiger partial charge in [0.05, 0.1) is 6.61 Å². The molecule has 0 aromatic heterocycles. The maximum absolute atomic E-state index is 13.5. The van der Waals surface area contributed by atoms with Crippen molar-refractivity contribution in [3.8, 4) is 5.75 Å². The van der Waals surface area contributed by atoms with Crippen molar-refractivity contribution in [2.24, 2.45) is 0 Å². The highest BCUT2D eigenvalue weighted by Crippen LogP contribution is 2.18. The van der Waals surface area contributed by atoms with Crippen molar-refractivity contribution >= 4 is 5.91 Å². The predicted octanol–water partition coefficient (Wildman–Crippen LogP) is 2.97. The van der Waals surface area contributed by atoms with Gasteiger partial charge in [-0.1, -0.05) is 24.3 Å². The highest BCUT2D eigenvalue weighted by atomic mass is 19.1. The predicted molar refractivity (Wildman–Crippen MR) is 73.4 cm³/mol. The Bertz CT molecular complexity index is 481. The molecule has 0 atom stereocenters. The third-order valence-corrected chi connectivity index (χ3v) is 2.31. The van der Waals surface area contributed by atoms with Gasteiger partial charge in [0.25, 0.3) is 0 Å². The molecule has 0 heterocycles. The molecule has 0 saturated carbocycles. The maximum atomic E-state index is 13.5. The first-order valence-electron chi connectivity index (χ1n) is 6.15. The molecule has 4 heteroatoms. The Morgan fingerprint density at radius 1 is 1.42 bits per heavy atom. The van der Waals surface area contributed by atoms with Crippen LogP contribution >= 0.6 is 0 Å². The minimum Gasteiger partial charge on any atom is -0.491 e. The van der Waals surface area contributed by atoms with Gasteiger partial charge in [0, 0.05) is 12.6 Å². The van der Waals surface area contributed by atoms with Gasteiger partial charge in [-0.2, -0.15) is 0 Å². The van der Waals surface area contributed by atoms with Crippen LogP contribution in [0.15, 0.2) is 42.5 Å². The van der Waals surface area contributed by atoms with E-state index in [1.165, 1.54) is 12.1 Å². The van der Waals surface area contributed by atoms with E-state index in [4.69, 9.17) is 4.74 Å². The quantitative estimate of drug-likeness (QED) is 0.633. The molecule has 1 rings (SSSR count). The molecule has 102 valence electrons. The summed E-state index contributed by atoms with van der Waals surface area (Å²) in [5.74, 6) is -0.406. The number of carbonyl (C=O) groups excluding carboxylic acids is 1. The summed E-state index contributed by atoms with van der Waals surface area (Å²) < 4.78 is 18.7. The minimum atomic E-state index is -0.418. The Hall–Kier alpha value is -2.10. The molecule has 0 radical (unpaired) electrons. The van der Waals surface area contributed by atoms with Crippen molar-refractivity contribution in [1.82, 2.24) is 5.32 Å². The van der Waals surface area contributed by atoms with Crippen LogP contribution in [0, 0.1) is 5.82 Å². The zero-order valence-corrected chi connectivity index (χ0v) is 11.2. The van der Waals surface area contributed by atoms with E-state index < -0.39 is 5.82 Å². The van der Waals surface area contributed by atoms with Crippen LogP contribution in [-0.4, -0.2) is 12.5 Å². The molecule has 0 unspecified atom stereocenters. The molecule has 19 heavy (non-hydrogen) atoms. The van der Waals surface area contributed by atoms with E-state index in [0.29, 0.717) is 12.2 Å². The molecule has 0 bridgehead atoms. The molecule has 0 aliphatic carbocycles. The molecule has 0 spiro atoms. The van der Waals surface area contributed by atoms with Gasteiger partial charge in [-0.25, -0.2) is 4.39 Å². The van der Waals surface area contributed by atoms with Crippen molar-refractivity contribution in [1.29, 1.82) is 0 Å². The topological polar surface area (TPSA) is 38.3 Å². The van der Waals surface area contributed by atoms with E-state index in [1.54, 1.807) is 31.2 Å². The third-order valence-electron chi connectivity index (χ3n) is 2.31. The van der Waals surface area contributed by atoms with Crippen LogP contribution < -0.4 is 10.1 Å². The van der Waals surface area contributed by atoms with E-state index >= 15 is 0 Å². The number of halogens is 1. The summed E-state index contributed by atoms with van der Waals surface area (Å²) in [6.07, 6.45) is 6.65. The fourth-order valence-corrected chi connectivity index (χ4v) is 1.43. The molecule has 3 nitrogen and oxygen atoms in total. The highest BCUT2D eigenvalue weighted by Gasteiger charge is 2.04. The van der Waals surface area contributed by atoms with Gasteiger partial charge in [-0.05, 0) is 31.5 Å². The molecular weight excluding hydrogens is 245 g/mol. The van der Waals surface area contributed by atoms with Crippen molar-refractivity contribution in [2.45, 2.75) is 20.4 Å². The average molecular weight is 263 g/mol. The molecule has 1 aromatic carbocycles. The van der Waals surface area contributed by atoms with Gasteiger partial charge in [-0.3, -0.25) is 4.79 Å². The average Bonchev–Trinajstić information content (AvgIpc) is 2.40. The normalized spacial score (nSPS) is 11.1. The van der Waals surface area contributed by atoms with E-state index in [1.807, 2.05) is 13.0 Å². The molecule has 1 aromatic rings. The van der Waals surface area contributed by atoms with Crippen molar-refractivity contribution in [3.05, 3.63) is 53.9 Å². The second kappa shape index (κ2) is 8.08. The number of ether oxygens (including phenoxy) is 1. The lowest BCUT2D eigenvalue weighted by Crippen LogP contribution is -2.20. The van der Waals surface area contributed by atoms with Gasteiger partial charge in [0.2, 0.25) is 5.91 Å². The summed E-state index contributed by atoms with van der Waals surface area (Å²) in [4.78, 5) is 11.4. The SMILES string of the molecule is C/C=C/C=C\C(=O)NCc1ccc(OCC)c(F)c1. The maximum Gasteiger partial charge on any atom is 0.244 e. The third kappa shape index (κ3) is 5.38. The van der Waals surface area contributed by atoms with Gasteiger partial charge in [0.1, 0.15) is 0 Å². The summed E-state index contributed by atoms with van der Waals surface area (Å²) in [7, 11) is 0. The van der Waals surface area contributed by atoms with Gasteiger partial charge >= 0.3 is 0 Å². The summed E-state index contributed by atoms with van der Waals surface area (Å²) >= 11 is 0. The number of nitrogens with one attached hydrogen (secondary N) is 1. The summed E-state index contributed by atoms with van der Waals surface area (Å²) in [6, 6.07) is 4.65. The smallest absolute Gasteiger partial charge is 0.244 e. The van der Waals surface area contributed by atoms with Crippen molar-refractivity contribution in [2.75, 3.05) is 6.61 Å². The minimum absolute atomic E-state index is 0.215. The number of benzene rings is 1. The molecular formula is C15H18FNO2. The van der Waals surface area contributed by atoms with E-state index in [9.17, 15) is 9.18 Å². The monoisotopic (exact) mass is 263 g/mol. The zero-order chi connectivity index (χ0) is 14.1. The Morgan fingerprint density at radius 3 is 2.84 bits per heavy atom. The number of amides is 1. The van der Waals surface area contributed by atoms with Crippen molar-refractivity contribution in [3.63, 3.8) is 0 Å². The van der Waals surface area contributed by atoms with Crippen LogP contribution in [0.2, 0.25) is 0 Å². The first kappa shape index (κ1) is 15.0. The number of hydrogen-bond acceptors (Lipinski definition) is 2. The van der Waals surface area contributed by atoms with Crippen LogP contribution in [0.4, 0.5) is 4.39 Å². The van der Waals surface area contributed by atoms with Crippen LogP contribution in [0.5, 0.6) is 5.75 Å². The lowest BCUT2D eigenvalue weighted by Gasteiger charge is -2.07. The van der Waals surface area contributed by atoms with E-state index in [0.717, 1.165) is 0 Å². The summed E-state index contributed by atoms with van der Waals surface area (Å²) in [5.41, 5.74) is 0.689. The number of rotatable bonds is 6. The Labute approximate surface area is 112 Å². The molecule has 1 N–H and O–H groups in total. The fourth-order valence-electron chi connectivity index (χ4n) is 1.43. The number of hydrogen-bond donors (Lipinski definition) is 1. The van der Waals surface area contributed by atoms with Gasteiger partial charge in [0.15, 0.2) is 11.6 Å². The largest absolute Gasteiger partial charge is 0.491 e. The van der Waals surface area contributed by atoms with Crippen molar-refractivity contribution < 1.29 is 13.9 Å². The van der Waals surface area contributed by atoms with Crippen LogP contribution in [0.1, 0.15) is 19.4 Å².